The zero-order chi connectivity index (χ0) is 14.0. The van der Waals surface area contributed by atoms with Crippen LogP contribution in [0.3, 0.4) is 0 Å². The molecule has 0 bridgehead atoms. The van der Waals surface area contributed by atoms with Crippen molar-refractivity contribution in [2.45, 2.75) is 18.9 Å². The first kappa shape index (κ1) is 14.0. The first-order valence-corrected chi connectivity index (χ1v) is 9.62. The van der Waals surface area contributed by atoms with Crippen molar-refractivity contribution in [3.63, 3.8) is 0 Å². The van der Waals surface area contributed by atoms with Crippen LogP contribution >= 0.6 is 21.4 Å². The van der Waals surface area contributed by atoms with Crippen molar-refractivity contribution in [1.29, 1.82) is 5.26 Å². The standard InChI is InChI=1S/C14H16N2OS2/c1-19(2,3)7-6-11-8-12(13(9-15)18-11)14(17)16-10-4-5-10/h8,10H,4-5H2,1-3H3,(H,16,17). The molecule has 2 rings (SSSR count). The molecule has 0 spiro atoms. The summed E-state index contributed by atoms with van der Waals surface area (Å²) in [4.78, 5) is 13.2. The SMILES string of the molecule is CS(C)(C)C#Cc1cc(C(=O)NC2CC2)c(C#N)s1. The molecule has 1 heterocycles. The van der Waals surface area contributed by atoms with Gasteiger partial charge in [-0.05, 0) is 48.8 Å². The molecular weight excluding hydrogens is 276 g/mol. The van der Waals surface area contributed by atoms with Gasteiger partial charge >= 0.3 is 0 Å². The third-order valence-corrected chi connectivity index (χ3v) is 4.14. The third-order valence-electron chi connectivity index (χ3n) is 2.47. The van der Waals surface area contributed by atoms with E-state index in [4.69, 9.17) is 5.26 Å². The molecule has 1 fully saturated rings. The van der Waals surface area contributed by atoms with Crippen LogP contribution in [0.2, 0.25) is 0 Å². The van der Waals surface area contributed by atoms with Gasteiger partial charge in [0.1, 0.15) is 10.9 Å². The smallest absolute Gasteiger partial charge is 0.253 e. The molecule has 1 amide bonds. The van der Waals surface area contributed by atoms with E-state index in [0.29, 0.717) is 16.5 Å². The molecular formula is C14H16N2OS2. The third kappa shape index (κ3) is 4.02. The van der Waals surface area contributed by atoms with Crippen LogP contribution in [0, 0.1) is 22.5 Å². The van der Waals surface area contributed by atoms with Gasteiger partial charge in [-0.2, -0.15) is 15.3 Å². The number of hydrogen-bond donors (Lipinski definition) is 1. The van der Waals surface area contributed by atoms with Gasteiger partial charge in [-0.3, -0.25) is 4.79 Å². The molecule has 19 heavy (non-hydrogen) atoms. The van der Waals surface area contributed by atoms with Crippen LogP contribution in [0.1, 0.15) is 33.0 Å². The number of amides is 1. The van der Waals surface area contributed by atoms with Gasteiger partial charge in [-0.15, -0.1) is 11.3 Å². The summed E-state index contributed by atoms with van der Waals surface area (Å²) in [7, 11) is -0.900. The Bertz CT molecular complexity index is 604. The molecule has 5 heteroatoms. The monoisotopic (exact) mass is 292 g/mol. The second-order valence-corrected chi connectivity index (χ2v) is 10.2. The highest BCUT2D eigenvalue weighted by molar-refractivity contribution is 8.36. The lowest BCUT2D eigenvalue weighted by Gasteiger charge is -2.14. The molecule has 0 radical (unpaired) electrons. The second-order valence-electron chi connectivity index (χ2n) is 5.28. The lowest BCUT2D eigenvalue weighted by Crippen LogP contribution is -2.25. The number of thiophene rings is 1. The predicted octanol–water partition coefficient (Wildman–Crippen LogP) is 2.51. The highest BCUT2D eigenvalue weighted by atomic mass is 32.3. The Morgan fingerprint density at radius 1 is 1.47 bits per heavy atom. The zero-order valence-electron chi connectivity index (χ0n) is 11.2. The van der Waals surface area contributed by atoms with E-state index in [-0.39, 0.29) is 5.91 Å². The van der Waals surface area contributed by atoms with Crippen molar-refractivity contribution in [2.24, 2.45) is 0 Å². The molecule has 0 atom stereocenters. The van der Waals surface area contributed by atoms with Gasteiger partial charge < -0.3 is 5.32 Å². The van der Waals surface area contributed by atoms with E-state index in [1.165, 1.54) is 11.3 Å². The van der Waals surface area contributed by atoms with Crippen LogP contribution in [-0.4, -0.2) is 30.7 Å². The Kier molecular flexibility index (Phi) is 3.89. The van der Waals surface area contributed by atoms with Gasteiger partial charge in [0.2, 0.25) is 0 Å². The van der Waals surface area contributed by atoms with Crippen LogP contribution in [0.15, 0.2) is 6.07 Å². The number of nitriles is 1. The van der Waals surface area contributed by atoms with Crippen molar-refractivity contribution in [1.82, 2.24) is 5.32 Å². The largest absolute Gasteiger partial charge is 0.349 e. The van der Waals surface area contributed by atoms with E-state index in [1.807, 2.05) is 0 Å². The molecule has 3 nitrogen and oxygen atoms in total. The summed E-state index contributed by atoms with van der Waals surface area (Å²) in [6.07, 6.45) is 8.41. The average molecular weight is 292 g/mol. The molecule has 1 aromatic heterocycles. The van der Waals surface area contributed by atoms with Crippen molar-refractivity contribution < 1.29 is 4.79 Å². The zero-order valence-corrected chi connectivity index (χ0v) is 12.9. The van der Waals surface area contributed by atoms with E-state index in [2.05, 4.69) is 41.3 Å². The summed E-state index contributed by atoms with van der Waals surface area (Å²) in [5.41, 5.74) is 0.465. The topological polar surface area (TPSA) is 52.9 Å². The first-order chi connectivity index (χ1) is 8.89. The summed E-state index contributed by atoms with van der Waals surface area (Å²) in [6, 6.07) is 4.12. The van der Waals surface area contributed by atoms with Gasteiger partial charge in [-0.1, -0.05) is 0 Å². The van der Waals surface area contributed by atoms with E-state index in [1.54, 1.807) is 6.07 Å². The molecule has 1 aliphatic rings. The van der Waals surface area contributed by atoms with Crippen LogP contribution in [0.5, 0.6) is 0 Å². The first-order valence-electron chi connectivity index (χ1n) is 5.95. The number of nitrogens with one attached hydrogen (secondary N) is 1. The molecule has 0 unspecified atom stereocenters. The highest BCUT2D eigenvalue weighted by Gasteiger charge is 2.25. The Balaban J connectivity index is 2.23. The fraction of sp³-hybridized carbons (Fsp3) is 0.429. The maximum Gasteiger partial charge on any atom is 0.253 e. The molecule has 1 N–H and O–H groups in total. The van der Waals surface area contributed by atoms with Crippen molar-refractivity contribution >= 4 is 27.3 Å². The van der Waals surface area contributed by atoms with E-state index >= 15 is 0 Å². The molecule has 0 aromatic carbocycles. The quantitative estimate of drug-likeness (QED) is 0.852. The summed E-state index contributed by atoms with van der Waals surface area (Å²) in [6.45, 7) is 0. The molecule has 0 saturated heterocycles. The molecule has 1 saturated carbocycles. The van der Waals surface area contributed by atoms with Gasteiger partial charge in [0.05, 0.1) is 10.4 Å². The highest BCUT2D eigenvalue weighted by Crippen LogP contribution is 2.33. The normalized spacial score (nSPS) is 15.1. The van der Waals surface area contributed by atoms with Crippen molar-refractivity contribution in [3.05, 3.63) is 21.4 Å². The fourth-order valence-corrected chi connectivity index (χ4v) is 2.69. The van der Waals surface area contributed by atoms with E-state index in [9.17, 15) is 4.79 Å². The minimum Gasteiger partial charge on any atom is -0.349 e. The van der Waals surface area contributed by atoms with Crippen LogP contribution < -0.4 is 5.32 Å². The number of nitrogens with zero attached hydrogens (tertiary/aromatic N) is 1. The fourth-order valence-electron chi connectivity index (χ4n) is 1.40. The van der Waals surface area contributed by atoms with Gasteiger partial charge in [0.15, 0.2) is 0 Å². The average Bonchev–Trinajstić information content (AvgIpc) is 3.03. The molecule has 1 aliphatic carbocycles. The van der Waals surface area contributed by atoms with Gasteiger partial charge in [0.25, 0.3) is 5.91 Å². The number of carbonyl (C=O) groups excluding carboxylic acids is 1. The minimum absolute atomic E-state index is 0.147. The van der Waals surface area contributed by atoms with E-state index in [0.717, 1.165) is 17.7 Å². The lowest BCUT2D eigenvalue weighted by molar-refractivity contribution is 0.0951. The van der Waals surface area contributed by atoms with Gasteiger partial charge in [-0.25, -0.2) is 0 Å². The van der Waals surface area contributed by atoms with Crippen LogP contribution in [-0.2, 0) is 0 Å². The Hall–Kier alpha value is -1.43. The maximum atomic E-state index is 12.0. The van der Waals surface area contributed by atoms with Crippen LogP contribution in [0.25, 0.3) is 0 Å². The van der Waals surface area contributed by atoms with Crippen molar-refractivity contribution in [2.75, 3.05) is 18.8 Å². The predicted molar refractivity (Wildman–Crippen MR) is 81.8 cm³/mol. The van der Waals surface area contributed by atoms with E-state index < -0.39 is 10.0 Å². The summed E-state index contributed by atoms with van der Waals surface area (Å²) in [5.74, 6) is 2.93. The molecule has 100 valence electrons. The maximum absolute atomic E-state index is 12.0. The van der Waals surface area contributed by atoms with Gasteiger partial charge in [0, 0.05) is 6.04 Å². The number of carbonyl (C=O) groups is 1. The molecule has 0 aliphatic heterocycles. The second kappa shape index (κ2) is 5.28. The van der Waals surface area contributed by atoms with Crippen LogP contribution in [0.4, 0.5) is 0 Å². The summed E-state index contributed by atoms with van der Waals surface area (Å²) < 4.78 is 0. The Morgan fingerprint density at radius 2 is 2.16 bits per heavy atom. The van der Waals surface area contributed by atoms with Crippen molar-refractivity contribution in [3.8, 4) is 17.2 Å². The number of rotatable bonds is 2. The Labute approximate surface area is 119 Å². The Morgan fingerprint density at radius 3 is 2.68 bits per heavy atom. The summed E-state index contributed by atoms with van der Waals surface area (Å²) >= 11 is 1.29. The summed E-state index contributed by atoms with van der Waals surface area (Å²) in [5, 5.41) is 15.2. The lowest BCUT2D eigenvalue weighted by atomic mass is 10.2. The minimum atomic E-state index is -0.900. The number of hydrogen-bond acceptors (Lipinski definition) is 3. The molecule has 1 aromatic rings.